The number of hydrogen-bond donors (Lipinski definition) is 0. The molecule has 3 heteroatoms. The number of ether oxygens (including phenoxy) is 2. The molecule has 0 N–H and O–H groups in total. The molecule has 1 aromatic carbocycles. The van der Waals surface area contributed by atoms with Crippen molar-refractivity contribution in [3.63, 3.8) is 0 Å². The van der Waals surface area contributed by atoms with Crippen LogP contribution in [0.25, 0.3) is 0 Å². The van der Waals surface area contributed by atoms with Crippen LogP contribution >= 0.6 is 0 Å². The highest BCUT2D eigenvalue weighted by molar-refractivity contribution is 5.72. The maximum Gasteiger partial charge on any atom is 0.310 e. The van der Waals surface area contributed by atoms with Crippen LogP contribution in [-0.2, 0) is 9.53 Å². The molecular weight excluding hydrogens is 288 g/mol. The Morgan fingerprint density at radius 2 is 2.04 bits per heavy atom. The number of benzene rings is 1. The normalized spacial score (nSPS) is 33.0. The van der Waals surface area contributed by atoms with Gasteiger partial charge in [-0.3, -0.25) is 4.79 Å². The zero-order valence-electron chi connectivity index (χ0n) is 14.4. The molecule has 124 valence electrons. The van der Waals surface area contributed by atoms with Crippen LogP contribution in [0.5, 0.6) is 5.75 Å². The number of rotatable bonds is 3. The van der Waals surface area contributed by atoms with Crippen LogP contribution in [0.3, 0.4) is 0 Å². The lowest BCUT2D eigenvalue weighted by Gasteiger charge is -2.47. The Hall–Kier alpha value is -1.61. The van der Waals surface area contributed by atoms with Gasteiger partial charge in [0.05, 0.1) is 12.7 Å². The summed E-state index contributed by atoms with van der Waals surface area (Å²) in [6.07, 6.45) is 2.73. The second-order valence-corrected chi connectivity index (χ2v) is 6.94. The largest absolute Gasteiger partial charge is 0.426 e. The summed E-state index contributed by atoms with van der Waals surface area (Å²) >= 11 is 0. The van der Waals surface area contributed by atoms with Crippen molar-refractivity contribution in [1.82, 2.24) is 0 Å². The third-order valence-corrected chi connectivity index (χ3v) is 5.50. The molecule has 23 heavy (non-hydrogen) atoms. The van der Waals surface area contributed by atoms with Gasteiger partial charge in [-0.2, -0.15) is 0 Å². The third kappa shape index (κ3) is 2.94. The lowest BCUT2D eigenvalue weighted by atomic mass is 9.64. The average Bonchev–Trinajstić information content (AvgIpc) is 2.53. The fourth-order valence-corrected chi connectivity index (χ4v) is 4.23. The Morgan fingerprint density at radius 3 is 2.78 bits per heavy atom. The standard InChI is InChI=1S/C20H26O3/c1-5-18(21)23-17-9-7-6-8-15(17)20-19-13(3)10-12(2)16(11-22-20)14(19)4/h6-10,12,14,16,19-20H,5,11H2,1-4H3/t12?,14-,16-,19?,20?/m0/s1. The maximum absolute atomic E-state index is 11.7. The Morgan fingerprint density at radius 1 is 1.30 bits per heavy atom. The van der Waals surface area contributed by atoms with E-state index in [2.05, 4.69) is 26.8 Å². The Labute approximate surface area is 138 Å². The maximum atomic E-state index is 11.7. The van der Waals surface area contributed by atoms with Gasteiger partial charge in [0.2, 0.25) is 0 Å². The Bertz CT molecular complexity index is 619. The monoisotopic (exact) mass is 314 g/mol. The fourth-order valence-electron chi connectivity index (χ4n) is 4.23. The summed E-state index contributed by atoms with van der Waals surface area (Å²) in [5.74, 6) is 2.50. The van der Waals surface area contributed by atoms with E-state index < -0.39 is 0 Å². The zero-order chi connectivity index (χ0) is 16.6. The number of esters is 1. The number of carbonyl (C=O) groups is 1. The fraction of sp³-hybridized carbons (Fsp3) is 0.550. The molecule has 0 amide bonds. The first-order valence-corrected chi connectivity index (χ1v) is 8.62. The molecule has 3 unspecified atom stereocenters. The second kappa shape index (κ2) is 6.48. The molecule has 1 aliphatic carbocycles. The quantitative estimate of drug-likeness (QED) is 0.467. The van der Waals surface area contributed by atoms with Gasteiger partial charge in [-0.15, -0.1) is 0 Å². The predicted molar refractivity (Wildman–Crippen MR) is 90.1 cm³/mol. The SMILES string of the molecule is CCC(=O)Oc1ccccc1C1OC[C@H]2C(C)C=C(C)C1[C@H]2C. The van der Waals surface area contributed by atoms with E-state index in [0.29, 0.717) is 35.8 Å². The third-order valence-electron chi connectivity index (χ3n) is 5.50. The van der Waals surface area contributed by atoms with Crippen LogP contribution in [0.1, 0.15) is 45.8 Å². The number of hydrogen-bond acceptors (Lipinski definition) is 3. The van der Waals surface area contributed by atoms with E-state index in [9.17, 15) is 4.79 Å². The summed E-state index contributed by atoms with van der Waals surface area (Å²) in [7, 11) is 0. The predicted octanol–water partition coefficient (Wildman–Crippen LogP) is 4.54. The highest BCUT2D eigenvalue weighted by atomic mass is 16.5. The van der Waals surface area contributed by atoms with Crippen molar-refractivity contribution in [1.29, 1.82) is 0 Å². The van der Waals surface area contributed by atoms with Crippen molar-refractivity contribution in [2.24, 2.45) is 23.7 Å². The summed E-state index contributed by atoms with van der Waals surface area (Å²) in [6, 6.07) is 7.79. The number of para-hydroxylation sites is 1. The van der Waals surface area contributed by atoms with E-state index in [1.54, 1.807) is 0 Å². The highest BCUT2D eigenvalue weighted by Gasteiger charge is 2.44. The Kier molecular flexibility index (Phi) is 4.58. The molecule has 3 rings (SSSR count). The van der Waals surface area contributed by atoms with Crippen LogP contribution in [0.15, 0.2) is 35.9 Å². The van der Waals surface area contributed by atoms with Gasteiger partial charge in [0.15, 0.2) is 0 Å². The van der Waals surface area contributed by atoms with Gasteiger partial charge in [0.1, 0.15) is 5.75 Å². The van der Waals surface area contributed by atoms with Crippen molar-refractivity contribution in [3.05, 3.63) is 41.5 Å². The molecule has 0 spiro atoms. The van der Waals surface area contributed by atoms with Gasteiger partial charge < -0.3 is 9.47 Å². The summed E-state index contributed by atoms with van der Waals surface area (Å²) in [5, 5.41) is 0. The molecule has 2 aliphatic rings. The molecule has 5 atom stereocenters. The molecule has 0 radical (unpaired) electrons. The first-order valence-electron chi connectivity index (χ1n) is 8.62. The minimum Gasteiger partial charge on any atom is -0.426 e. The van der Waals surface area contributed by atoms with Crippen LogP contribution < -0.4 is 4.74 Å². The molecule has 1 saturated heterocycles. The van der Waals surface area contributed by atoms with Gasteiger partial charge in [0.25, 0.3) is 0 Å². The van der Waals surface area contributed by atoms with Gasteiger partial charge in [-0.25, -0.2) is 0 Å². The second-order valence-electron chi connectivity index (χ2n) is 6.94. The van der Waals surface area contributed by atoms with E-state index >= 15 is 0 Å². The van der Waals surface area contributed by atoms with E-state index in [1.807, 2.05) is 31.2 Å². The smallest absolute Gasteiger partial charge is 0.310 e. The lowest BCUT2D eigenvalue weighted by Crippen LogP contribution is -2.42. The van der Waals surface area contributed by atoms with Gasteiger partial charge in [-0.1, -0.05) is 50.6 Å². The van der Waals surface area contributed by atoms with Crippen molar-refractivity contribution < 1.29 is 14.3 Å². The topological polar surface area (TPSA) is 35.5 Å². The van der Waals surface area contributed by atoms with Crippen molar-refractivity contribution >= 4 is 5.97 Å². The van der Waals surface area contributed by atoms with Gasteiger partial charge >= 0.3 is 5.97 Å². The van der Waals surface area contributed by atoms with Crippen LogP contribution in [0.2, 0.25) is 0 Å². The molecule has 1 aliphatic heterocycles. The Balaban J connectivity index is 1.96. The average molecular weight is 314 g/mol. The van der Waals surface area contributed by atoms with Gasteiger partial charge in [-0.05, 0) is 30.7 Å². The number of allylic oxidation sites excluding steroid dienone is 1. The van der Waals surface area contributed by atoms with Crippen molar-refractivity contribution in [2.75, 3.05) is 6.61 Å². The minimum atomic E-state index is -0.205. The summed E-state index contributed by atoms with van der Waals surface area (Å²) in [4.78, 5) is 11.7. The van der Waals surface area contributed by atoms with E-state index in [1.165, 1.54) is 5.57 Å². The molecular formula is C20H26O3. The molecule has 0 saturated carbocycles. The van der Waals surface area contributed by atoms with E-state index in [4.69, 9.17) is 9.47 Å². The van der Waals surface area contributed by atoms with E-state index in [0.717, 1.165) is 12.2 Å². The molecule has 1 fully saturated rings. The zero-order valence-corrected chi connectivity index (χ0v) is 14.4. The number of carbonyl (C=O) groups excluding carboxylic acids is 1. The van der Waals surface area contributed by atoms with Crippen molar-refractivity contribution in [3.8, 4) is 5.75 Å². The van der Waals surface area contributed by atoms with E-state index in [-0.39, 0.29) is 12.1 Å². The minimum absolute atomic E-state index is 0.0362. The molecule has 2 bridgehead atoms. The summed E-state index contributed by atoms with van der Waals surface area (Å²) in [6.45, 7) is 9.39. The highest BCUT2D eigenvalue weighted by Crippen LogP contribution is 2.50. The molecule has 1 aromatic rings. The molecule has 3 nitrogen and oxygen atoms in total. The first-order chi connectivity index (χ1) is 11.0. The summed E-state index contributed by atoms with van der Waals surface area (Å²) in [5.41, 5.74) is 2.38. The van der Waals surface area contributed by atoms with Gasteiger partial charge in [0, 0.05) is 17.9 Å². The molecule has 0 aromatic heterocycles. The van der Waals surface area contributed by atoms with Crippen LogP contribution in [0.4, 0.5) is 0 Å². The first kappa shape index (κ1) is 16.3. The lowest BCUT2D eigenvalue weighted by molar-refractivity contribution is -0.134. The van der Waals surface area contributed by atoms with Crippen molar-refractivity contribution in [2.45, 2.75) is 40.2 Å². The number of fused-ring (bicyclic) bond motifs is 2. The summed E-state index contributed by atoms with van der Waals surface area (Å²) < 4.78 is 11.8. The van der Waals surface area contributed by atoms with Crippen LogP contribution in [-0.4, -0.2) is 12.6 Å². The molecule has 1 heterocycles. The van der Waals surface area contributed by atoms with Crippen LogP contribution in [0, 0.1) is 23.7 Å².